The Labute approximate surface area is 67.0 Å². The molecule has 0 fully saturated rings. The zero-order valence-electron chi connectivity index (χ0n) is 6.20. The maximum Gasteiger partial charge on any atom is 0.119 e. The fraction of sp³-hybridized carbons (Fsp3) is 0.375. The molecule has 1 nitrogen and oxygen atoms in total. The number of hydrogen-bond acceptors (Lipinski definition) is 2. The van der Waals surface area contributed by atoms with Crippen molar-refractivity contribution < 1.29 is 0 Å². The van der Waals surface area contributed by atoms with Crippen molar-refractivity contribution in [2.24, 2.45) is 4.99 Å². The summed E-state index contributed by atoms with van der Waals surface area (Å²) in [5.74, 6) is 0. The zero-order chi connectivity index (χ0) is 7.61. The van der Waals surface area contributed by atoms with E-state index < -0.39 is 0 Å². The number of thiol groups is 1. The summed E-state index contributed by atoms with van der Waals surface area (Å²) in [4.78, 5) is 3.90. The molecule has 0 N–H and O–H groups in total. The van der Waals surface area contributed by atoms with Crippen LogP contribution in [0.1, 0.15) is 13.8 Å². The molecule has 1 aliphatic heterocycles. The molecule has 0 radical (unpaired) electrons. The summed E-state index contributed by atoms with van der Waals surface area (Å²) >= 11 is 4.31. The lowest BCUT2D eigenvalue weighted by Gasteiger charge is -2.10. The maximum atomic E-state index is 4.31. The van der Waals surface area contributed by atoms with E-state index in [1.807, 2.05) is 38.3 Å². The van der Waals surface area contributed by atoms with Gasteiger partial charge in [0.05, 0.1) is 0 Å². The van der Waals surface area contributed by atoms with Crippen LogP contribution in [-0.4, -0.2) is 11.1 Å². The van der Waals surface area contributed by atoms with Crippen molar-refractivity contribution in [3.63, 3.8) is 0 Å². The van der Waals surface area contributed by atoms with Gasteiger partial charge >= 0.3 is 0 Å². The number of nitrogens with zero attached hydrogens (tertiary/aromatic N) is 1. The van der Waals surface area contributed by atoms with Gasteiger partial charge in [0.15, 0.2) is 0 Å². The molecule has 1 heterocycles. The molecule has 0 aromatic rings. The van der Waals surface area contributed by atoms with Gasteiger partial charge in [-0.05, 0) is 25.5 Å². The van der Waals surface area contributed by atoms with E-state index in [0.717, 1.165) is 5.57 Å². The van der Waals surface area contributed by atoms with Crippen LogP contribution in [0.2, 0.25) is 0 Å². The molecule has 0 aromatic carbocycles. The van der Waals surface area contributed by atoms with E-state index in [0.29, 0.717) is 0 Å². The summed E-state index contributed by atoms with van der Waals surface area (Å²) in [6.07, 6.45) is 7.80. The molecule has 0 spiro atoms. The molecule has 2 heteroatoms. The lowest BCUT2D eigenvalue weighted by Crippen LogP contribution is -2.07. The van der Waals surface area contributed by atoms with E-state index in [4.69, 9.17) is 0 Å². The SMILES string of the molecule is CC1=CC=CC(C)(S)N=C1. The van der Waals surface area contributed by atoms with E-state index in [1.54, 1.807) is 0 Å². The monoisotopic (exact) mass is 153 g/mol. The van der Waals surface area contributed by atoms with Crippen LogP contribution in [0.3, 0.4) is 0 Å². The van der Waals surface area contributed by atoms with Crippen LogP contribution in [0.5, 0.6) is 0 Å². The van der Waals surface area contributed by atoms with Gasteiger partial charge in [-0.1, -0.05) is 12.2 Å². The molecular weight excluding hydrogens is 142 g/mol. The summed E-state index contributed by atoms with van der Waals surface area (Å²) in [6, 6.07) is 0. The average Bonchev–Trinajstić information content (AvgIpc) is 1.94. The van der Waals surface area contributed by atoms with Gasteiger partial charge in [-0.25, -0.2) is 0 Å². The molecule has 0 amide bonds. The molecule has 1 aliphatic rings. The zero-order valence-corrected chi connectivity index (χ0v) is 7.10. The number of rotatable bonds is 0. The van der Waals surface area contributed by atoms with E-state index in [1.165, 1.54) is 0 Å². The Morgan fingerprint density at radius 1 is 1.60 bits per heavy atom. The Morgan fingerprint density at radius 3 is 3.00 bits per heavy atom. The first-order valence-corrected chi connectivity index (χ1v) is 3.69. The van der Waals surface area contributed by atoms with E-state index >= 15 is 0 Å². The third kappa shape index (κ3) is 2.03. The summed E-state index contributed by atoms with van der Waals surface area (Å²) in [5.41, 5.74) is 1.16. The normalized spacial score (nSPS) is 31.7. The van der Waals surface area contributed by atoms with Gasteiger partial charge in [-0.3, -0.25) is 4.99 Å². The molecule has 0 bridgehead atoms. The first kappa shape index (κ1) is 7.61. The highest BCUT2D eigenvalue weighted by molar-refractivity contribution is 7.82. The molecular formula is C8H11NS. The van der Waals surface area contributed by atoms with Crippen LogP contribution in [0, 0.1) is 0 Å². The number of allylic oxidation sites excluding steroid dienone is 3. The Bertz CT molecular complexity index is 211. The Balaban J connectivity index is 2.88. The van der Waals surface area contributed by atoms with Crippen molar-refractivity contribution in [3.8, 4) is 0 Å². The Kier molecular flexibility index (Phi) is 2.00. The minimum atomic E-state index is -0.325. The third-order valence-electron chi connectivity index (χ3n) is 1.30. The van der Waals surface area contributed by atoms with Gasteiger partial charge in [0.25, 0.3) is 0 Å². The van der Waals surface area contributed by atoms with E-state index in [-0.39, 0.29) is 4.87 Å². The fourth-order valence-electron chi connectivity index (χ4n) is 0.701. The molecule has 0 saturated heterocycles. The molecule has 1 atom stereocenters. The topological polar surface area (TPSA) is 12.4 Å². The lowest BCUT2D eigenvalue weighted by molar-refractivity contribution is 0.865. The van der Waals surface area contributed by atoms with Gasteiger partial charge in [0.2, 0.25) is 0 Å². The predicted octanol–water partition coefficient (Wildman–Crippen LogP) is 2.22. The molecule has 0 saturated carbocycles. The smallest absolute Gasteiger partial charge is 0.119 e. The standard InChI is InChI=1S/C8H11NS/c1-7-4-3-5-8(2,10)9-6-7/h3-6,10H,1-2H3. The minimum absolute atomic E-state index is 0.325. The van der Waals surface area contributed by atoms with Crippen molar-refractivity contribution in [3.05, 3.63) is 23.8 Å². The second-order valence-electron chi connectivity index (χ2n) is 2.62. The average molecular weight is 153 g/mol. The maximum absolute atomic E-state index is 4.31. The van der Waals surface area contributed by atoms with Gasteiger partial charge in [0, 0.05) is 6.21 Å². The molecule has 0 aromatic heterocycles. The summed E-state index contributed by atoms with van der Waals surface area (Å²) in [5, 5.41) is 0. The van der Waals surface area contributed by atoms with Crippen LogP contribution in [0.25, 0.3) is 0 Å². The molecule has 0 aliphatic carbocycles. The third-order valence-corrected chi connectivity index (χ3v) is 1.57. The first-order valence-electron chi connectivity index (χ1n) is 3.24. The van der Waals surface area contributed by atoms with Gasteiger partial charge in [0.1, 0.15) is 4.87 Å². The van der Waals surface area contributed by atoms with Crippen LogP contribution >= 0.6 is 12.6 Å². The Hall–Kier alpha value is -0.500. The van der Waals surface area contributed by atoms with Crippen molar-refractivity contribution in [2.75, 3.05) is 0 Å². The highest BCUT2D eigenvalue weighted by Gasteiger charge is 2.11. The van der Waals surface area contributed by atoms with Crippen LogP contribution in [0.15, 0.2) is 28.8 Å². The number of aliphatic imine (C=N–C) groups is 1. The van der Waals surface area contributed by atoms with E-state index in [9.17, 15) is 0 Å². The fourth-order valence-corrected chi connectivity index (χ4v) is 0.845. The summed E-state index contributed by atoms with van der Waals surface area (Å²) in [7, 11) is 0. The molecule has 1 rings (SSSR count). The van der Waals surface area contributed by atoms with Crippen molar-refractivity contribution in [1.29, 1.82) is 0 Å². The van der Waals surface area contributed by atoms with Crippen molar-refractivity contribution >= 4 is 18.8 Å². The van der Waals surface area contributed by atoms with Crippen LogP contribution in [0.4, 0.5) is 0 Å². The predicted molar refractivity (Wildman–Crippen MR) is 48.8 cm³/mol. The largest absolute Gasteiger partial charge is 0.272 e. The molecule has 1 unspecified atom stereocenters. The van der Waals surface area contributed by atoms with Crippen LogP contribution in [-0.2, 0) is 0 Å². The van der Waals surface area contributed by atoms with Crippen molar-refractivity contribution in [1.82, 2.24) is 0 Å². The van der Waals surface area contributed by atoms with Gasteiger partial charge < -0.3 is 0 Å². The highest BCUT2D eigenvalue weighted by Crippen LogP contribution is 2.18. The molecule has 54 valence electrons. The first-order chi connectivity index (χ1) is 4.60. The van der Waals surface area contributed by atoms with Crippen molar-refractivity contribution in [2.45, 2.75) is 18.7 Å². The molecule has 10 heavy (non-hydrogen) atoms. The Morgan fingerprint density at radius 2 is 2.30 bits per heavy atom. The minimum Gasteiger partial charge on any atom is -0.272 e. The van der Waals surface area contributed by atoms with Gasteiger partial charge in [-0.15, -0.1) is 12.6 Å². The van der Waals surface area contributed by atoms with E-state index in [2.05, 4.69) is 17.6 Å². The lowest BCUT2D eigenvalue weighted by atomic mass is 10.3. The van der Waals surface area contributed by atoms with Gasteiger partial charge in [-0.2, -0.15) is 0 Å². The second kappa shape index (κ2) is 2.62. The summed E-state index contributed by atoms with van der Waals surface area (Å²) < 4.78 is 0. The summed E-state index contributed by atoms with van der Waals surface area (Å²) in [6.45, 7) is 3.97. The highest BCUT2D eigenvalue weighted by atomic mass is 32.1. The number of hydrogen-bond donors (Lipinski definition) is 1. The quantitative estimate of drug-likeness (QED) is 0.512. The second-order valence-corrected chi connectivity index (χ2v) is 3.53. The van der Waals surface area contributed by atoms with Crippen LogP contribution < -0.4 is 0 Å².